The fraction of sp³-hybridized carbons (Fsp3) is 0.571. The molecule has 0 radical (unpaired) electrons. The number of ether oxygens (including phenoxy) is 2. The molecule has 0 bridgehead atoms. The van der Waals surface area contributed by atoms with Crippen LogP contribution in [0.4, 0.5) is 14.0 Å². The van der Waals surface area contributed by atoms with Gasteiger partial charge in [-0.2, -0.15) is 0 Å². The van der Waals surface area contributed by atoms with E-state index in [0.29, 0.717) is 36.8 Å². The maximum absolute atomic E-state index is 14.5. The van der Waals surface area contributed by atoms with Crippen LogP contribution in [0.5, 0.6) is 0 Å². The van der Waals surface area contributed by atoms with Crippen molar-refractivity contribution in [1.82, 2.24) is 25.2 Å². The molecular weight excluding hydrogens is 685 g/mol. The van der Waals surface area contributed by atoms with E-state index < -0.39 is 92.3 Å². The lowest BCUT2D eigenvalue weighted by Gasteiger charge is -2.34. The van der Waals surface area contributed by atoms with E-state index in [2.05, 4.69) is 21.9 Å². The van der Waals surface area contributed by atoms with Gasteiger partial charge in [0.2, 0.25) is 21.8 Å². The molecule has 1 unspecified atom stereocenters. The molecule has 276 valence electrons. The van der Waals surface area contributed by atoms with Crippen molar-refractivity contribution in [3.63, 3.8) is 0 Å². The van der Waals surface area contributed by atoms with Crippen LogP contribution in [-0.4, -0.2) is 88.7 Å². The van der Waals surface area contributed by atoms with Crippen molar-refractivity contribution in [3.05, 3.63) is 60.0 Å². The first-order valence-electron chi connectivity index (χ1n) is 17.2. The van der Waals surface area contributed by atoms with E-state index in [1.54, 1.807) is 39.0 Å². The van der Waals surface area contributed by atoms with E-state index in [1.807, 2.05) is 6.08 Å². The number of carbonyl (C=O) groups is 5. The van der Waals surface area contributed by atoms with Crippen LogP contribution in [0.3, 0.4) is 0 Å². The summed E-state index contributed by atoms with van der Waals surface area (Å²) in [5.41, 5.74) is -1.45. The molecule has 5 amide bonds. The maximum atomic E-state index is 14.5. The number of benzene rings is 1. The number of nitrogens with one attached hydrogen (secondary N) is 3. The topological polar surface area (TPSA) is 181 Å². The number of fused-ring (bicyclic) bond motifs is 2. The zero-order valence-corrected chi connectivity index (χ0v) is 29.7. The number of halogens is 1. The van der Waals surface area contributed by atoms with Gasteiger partial charge >= 0.3 is 12.2 Å². The van der Waals surface area contributed by atoms with Crippen LogP contribution in [-0.2, 0) is 47.0 Å². The Hall–Kier alpha value is -4.47. The normalized spacial score (nSPS) is 29.3. The van der Waals surface area contributed by atoms with Gasteiger partial charge in [-0.1, -0.05) is 30.4 Å². The van der Waals surface area contributed by atoms with Crippen molar-refractivity contribution in [2.24, 2.45) is 5.92 Å². The Morgan fingerprint density at radius 3 is 2.49 bits per heavy atom. The zero-order chi connectivity index (χ0) is 36.9. The average Bonchev–Trinajstić information content (AvgIpc) is 3.94. The Balaban J connectivity index is 1.27. The molecule has 0 spiro atoms. The van der Waals surface area contributed by atoms with Gasteiger partial charge in [0, 0.05) is 24.4 Å². The molecule has 2 saturated carbocycles. The molecule has 3 heterocycles. The van der Waals surface area contributed by atoms with Crippen LogP contribution in [0.2, 0.25) is 0 Å². The Labute approximate surface area is 296 Å². The lowest BCUT2D eigenvalue weighted by atomic mass is 10.1. The maximum Gasteiger partial charge on any atom is 0.410 e. The van der Waals surface area contributed by atoms with Gasteiger partial charge < -0.3 is 25.0 Å². The van der Waals surface area contributed by atoms with Crippen LogP contribution in [0, 0.1) is 11.7 Å². The highest BCUT2D eigenvalue weighted by atomic mass is 32.2. The number of alkyl carbamates (subject to hydrolysis) is 1. The number of allylic oxidation sites excluding steroid dienone is 1. The lowest BCUT2D eigenvalue weighted by Crippen LogP contribution is -2.59. The first-order chi connectivity index (χ1) is 24.0. The highest BCUT2D eigenvalue weighted by Crippen LogP contribution is 2.46. The zero-order valence-electron chi connectivity index (χ0n) is 28.9. The van der Waals surface area contributed by atoms with Gasteiger partial charge in [0.05, 0.1) is 17.8 Å². The van der Waals surface area contributed by atoms with Gasteiger partial charge in [-0.15, -0.1) is 6.58 Å². The van der Waals surface area contributed by atoms with Gasteiger partial charge in [0.1, 0.15) is 35.1 Å². The second kappa shape index (κ2) is 13.6. The summed E-state index contributed by atoms with van der Waals surface area (Å²) in [5, 5.41) is 4.67. The molecule has 51 heavy (non-hydrogen) atoms. The molecule has 3 aliphatic heterocycles. The molecule has 3 fully saturated rings. The molecule has 1 aromatic carbocycles. The van der Waals surface area contributed by atoms with Crippen molar-refractivity contribution >= 4 is 39.9 Å². The number of amides is 5. The lowest BCUT2D eigenvalue weighted by molar-refractivity contribution is -0.143. The van der Waals surface area contributed by atoms with E-state index in [4.69, 9.17) is 9.47 Å². The van der Waals surface area contributed by atoms with Gasteiger partial charge in [-0.05, 0) is 70.9 Å². The molecule has 16 heteroatoms. The minimum atomic E-state index is -3.94. The monoisotopic (exact) mass is 729 g/mol. The summed E-state index contributed by atoms with van der Waals surface area (Å²) in [7, 11) is -3.94. The molecule has 2 aliphatic carbocycles. The molecule has 6 atom stereocenters. The number of sulfonamides is 1. The highest BCUT2D eigenvalue weighted by molar-refractivity contribution is 7.91. The largest absolute Gasteiger partial charge is 0.444 e. The summed E-state index contributed by atoms with van der Waals surface area (Å²) in [5.74, 6) is -3.29. The van der Waals surface area contributed by atoms with Gasteiger partial charge in [0.15, 0.2) is 0 Å². The number of carbonyl (C=O) groups excluding carboxylic acids is 5. The van der Waals surface area contributed by atoms with Crippen molar-refractivity contribution in [2.75, 3.05) is 0 Å². The smallest absolute Gasteiger partial charge is 0.410 e. The standard InChI is InChI=1S/C35H44FN5O9S/c1-5-21-17-35(21,31(44)39-51(47,48)22-14-15-22)38-29(42)27-16-28(49-33(46)40-18-20-10-9-11-24(36)23(20)19-40)26-13-8-6-7-12-25(30(43)41(26)27)37-32(45)50-34(2,3)4/h5-7,9-11,21-22,25-28H,1,8,12-19H2,2-4H3,(H,37,45)(H,38,42)(H,39,44)/b7-6-/t21?,25-,26-,27-,28+,35+/m0/s1. The first-order valence-corrected chi connectivity index (χ1v) is 18.8. The molecule has 6 rings (SSSR count). The van der Waals surface area contributed by atoms with Crippen LogP contribution in [0.25, 0.3) is 0 Å². The summed E-state index contributed by atoms with van der Waals surface area (Å²) in [6.45, 7) is 8.87. The van der Waals surface area contributed by atoms with Crippen LogP contribution >= 0.6 is 0 Å². The highest BCUT2D eigenvalue weighted by Gasteiger charge is 2.62. The van der Waals surface area contributed by atoms with E-state index in [0.717, 1.165) is 0 Å². The van der Waals surface area contributed by atoms with Crippen molar-refractivity contribution < 1.29 is 46.3 Å². The minimum absolute atomic E-state index is 0.0141. The predicted octanol–water partition coefficient (Wildman–Crippen LogP) is 2.92. The van der Waals surface area contributed by atoms with Gasteiger partial charge in [0.25, 0.3) is 5.91 Å². The molecule has 0 aromatic heterocycles. The first kappa shape index (κ1) is 36.3. The van der Waals surface area contributed by atoms with Crippen molar-refractivity contribution in [2.45, 2.75) is 119 Å². The second-order valence-electron chi connectivity index (χ2n) is 14.9. The molecule has 5 aliphatic rings. The third-order valence-corrected chi connectivity index (χ3v) is 11.8. The molecule has 14 nitrogen and oxygen atoms in total. The fourth-order valence-corrected chi connectivity index (χ4v) is 8.47. The van der Waals surface area contributed by atoms with E-state index in [9.17, 15) is 36.8 Å². The molecular formula is C35H44FN5O9S. The second-order valence-corrected chi connectivity index (χ2v) is 16.8. The predicted molar refractivity (Wildman–Crippen MR) is 180 cm³/mol. The third kappa shape index (κ3) is 7.60. The Morgan fingerprint density at radius 2 is 1.84 bits per heavy atom. The summed E-state index contributed by atoms with van der Waals surface area (Å²) < 4.78 is 53.3. The Kier molecular flexibility index (Phi) is 9.67. The number of hydrogen-bond donors (Lipinski definition) is 3. The Morgan fingerprint density at radius 1 is 1.10 bits per heavy atom. The minimum Gasteiger partial charge on any atom is -0.444 e. The van der Waals surface area contributed by atoms with Crippen molar-refractivity contribution in [1.29, 1.82) is 0 Å². The van der Waals surface area contributed by atoms with Crippen LogP contribution in [0.15, 0.2) is 43.0 Å². The molecule has 1 aromatic rings. The summed E-state index contributed by atoms with van der Waals surface area (Å²) >= 11 is 0. The van der Waals surface area contributed by atoms with E-state index in [-0.39, 0.29) is 32.4 Å². The fourth-order valence-electron chi connectivity index (χ4n) is 7.10. The molecule has 1 saturated heterocycles. The third-order valence-electron chi connectivity index (χ3n) is 9.98. The van der Waals surface area contributed by atoms with Crippen LogP contribution < -0.4 is 15.4 Å². The van der Waals surface area contributed by atoms with Crippen molar-refractivity contribution in [3.8, 4) is 0 Å². The number of rotatable bonds is 8. The summed E-state index contributed by atoms with van der Waals surface area (Å²) in [6, 6.07) is 1.35. The number of hydrogen-bond acceptors (Lipinski definition) is 9. The summed E-state index contributed by atoms with van der Waals surface area (Å²) in [4.78, 5) is 71.1. The Bertz CT molecular complexity index is 1770. The van der Waals surface area contributed by atoms with Gasteiger partial charge in [-0.25, -0.2) is 22.4 Å². The SMILES string of the molecule is C=CC1C[C@]1(NC(=O)[C@@H]1C[C@@H](OC(=O)N2Cc3cccc(F)c3C2)[C@@H]2CC/C=C\C[C@H](NC(=O)OC(C)(C)C)C(=O)N12)C(=O)NS(=O)(=O)C1CC1. The van der Waals surface area contributed by atoms with E-state index >= 15 is 0 Å². The quantitative estimate of drug-likeness (QED) is 0.339. The van der Waals surface area contributed by atoms with E-state index in [1.165, 1.54) is 21.9 Å². The van der Waals surface area contributed by atoms with Gasteiger partial charge in [-0.3, -0.25) is 24.0 Å². The average molecular weight is 730 g/mol. The molecule has 3 N–H and O–H groups in total. The summed E-state index contributed by atoms with van der Waals surface area (Å²) in [6.07, 6.45) is 4.08. The van der Waals surface area contributed by atoms with Crippen LogP contribution in [0.1, 0.15) is 76.8 Å². The number of nitrogens with zero attached hydrogens (tertiary/aromatic N) is 2.